The van der Waals surface area contributed by atoms with Crippen molar-refractivity contribution in [2.75, 3.05) is 38.1 Å². The molecule has 2 N–H and O–H groups in total. The van der Waals surface area contributed by atoms with E-state index in [0.717, 1.165) is 0 Å². The van der Waals surface area contributed by atoms with Gasteiger partial charge in [0.05, 0.1) is 43.2 Å². The van der Waals surface area contributed by atoms with Gasteiger partial charge in [-0.1, -0.05) is 6.92 Å². The number of imidazole rings is 1. The van der Waals surface area contributed by atoms with E-state index in [-0.39, 0.29) is 41.2 Å². The number of carbonyl (C=O) groups is 2. The first kappa shape index (κ1) is 37.1. The highest BCUT2D eigenvalue weighted by Gasteiger charge is 2.33. The molecule has 2 amide bonds. The van der Waals surface area contributed by atoms with Gasteiger partial charge in [-0.25, -0.2) is 4.98 Å². The van der Waals surface area contributed by atoms with Crippen molar-refractivity contribution in [2.45, 2.75) is 82.3 Å². The molecule has 1 aliphatic rings. The lowest BCUT2D eigenvalue weighted by molar-refractivity contribution is -0.149. The summed E-state index contributed by atoms with van der Waals surface area (Å²) < 4.78 is 80.4. The number of carbonyl (C=O) groups excluding carboxylic acids is 2. The predicted octanol–water partition coefficient (Wildman–Crippen LogP) is 3.82. The molecule has 0 spiro atoms. The van der Waals surface area contributed by atoms with Gasteiger partial charge >= 0.3 is 6.18 Å². The van der Waals surface area contributed by atoms with Gasteiger partial charge in [-0.3, -0.25) is 14.3 Å². The summed E-state index contributed by atoms with van der Waals surface area (Å²) in [6.45, 7) is 5.28. The molecule has 258 valence electrons. The SMILES string of the molecule is C[C@@H]1CCCCO[C@H](CN(C)C(=O)CCC(F)(F)F)[C@H](C)CN([C@@H](C)CO)C(=O)c2cc(NS(=O)(=O)c3cn(C)cn3)ccc2O1. The van der Waals surface area contributed by atoms with Crippen LogP contribution in [0.1, 0.15) is 63.2 Å². The Kier molecular flexibility index (Phi) is 12.9. The normalized spacial score (nSPS) is 21.1. The molecule has 12 nitrogen and oxygen atoms in total. The molecule has 0 radical (unpaired) electrons. The summed E-state index contributed by atoms with van der Waals surface area (Å²) in [5.41, 5.74) is 0.162. The van der Waals surface area contributed by atoms with Crippen molar-refractivity contribution in [1.82, 2.24) is 19.4 Å². The maximum absolute atomic E-state index is 14.2. The molecule has 2 aromatic rings. The summed E-state index contributed by atoms with van der Waals surface area (Å²) in [6.07, 6.45) is -2.67. The number of rotatable bonds is 9. The van der Waals surface area contributed by atoms with E-state index in [1.165, 1.54) is 52.1 Å². The van der Waals surface area contributed by atoms with Crippen molar-refractivity contribution in [3.8, 4) is 5.75 Å². The van der Waals surface area contributed by atoms with Crippen LogP contribution in [0.5, 0.6) is 5.75 Å². The molecule has 3 rings (SSSR count). The molecule has 0 bridgehead atoms. The Balaban J connectivity index is 1.95. The molecule has 1 aromatic carbocycles. The zero-order valence-corrected chi connectivity index (χ0v) is 27.6. The monoisotopic (exact) mass is 675 g/mol. The van der Waals surface area contributed by atoms with Gasteiger partial charge in [0.25, 0.3) is 15.9 Å². The van der Waals surface area contributed by atoms with Gasteiger partial charge in [0.15, 0.2) is 5.03 Å². The number of aromatic nitrogens is 2. The molecule has 16 heteroatoms. The molecule has 0 saturated carbocycles. The standard InChI is InChI=1S/C30H44F3N5O7S/c1-20-15-38(21(2)18-39)29(41)24-14-23(35-46(42,43)27-17-36(4)19-34-27)9-10-25(24)45-22(3)8-6-7-13-44-26(20)16-37(5)28(40)11-12-30(31,32)33/h9-10,14,17,19-22,26,35,39H,6-8,11-13,15-16,18H2,1-5H3/t20-,21+,22-,26-/m1/s1. The zero-order chi connectivity index (χ0) is 34.2. The van der Waals surface area contributed by atoms with Gasteiger partial charge in [0.1, 0.15) is 5.75 Å². The van der Waals surface area contributed by atoms with Crippen LogP contribution in [-0.4, -0.2) is 102 Å². The van der Waals surface area contributed by atoms with Gasteiger partial charge in [-0.05, 0) is 51.3 Å². The molecular formula is C30H44F3N5O7S. The maximum atomic E-state index is 14.2. The average Bonchev–Trinajstić information content (AvgIpc) is 3.44. The fraction of sp³-hybridized carbons (Fsp3) is 0.633. The fourth-order valence-electron chi connectivity index (χ4n) is 4.99. The van der Waals surface area contributed by atoms with Crippen molar-refractivity contribution in [3.63, 3.8) is 0 Å². The van der Waals surface area contributed by atoms with E-state index in [9.17, 15) is 36.3 Å². The van der Waals surface area contributed by atoms with Gasteiger partial charge in [-0.2, -0.15) is 21.6 Å². The highest BCUT2D eigenvalue weighted by molar-refractivity contribution is 7.92. The summed E-state index contributed by atoms with van der Waals surface area (Å²) in [5, 5.41) is 9.89. The second-order valence-corrected chi connectivity index (χ2v) is 13.5. The number of nitrogens with zero attached hydrogens (tertiary/aromatic N) is 4. The van der Waals surface area contributed by atoms with Crippen LogP contribution >= 0.6 is 0 Å². The van der Waals surface area contributed by atoms with E-state index in [2.05, 4.69) is 9.71 Å². The van der Waals surface area contributed by atoms with E-state index in [1.54, 1.807) is 20.9 Å². The summed E-state index contributed by atoms with van der Waals surface area (Å²) in [5.74, 6) is -1.40. The molecule has 1 aromatic heterocycles. The minimum atomic E-state index is -4.46. The lowest BCUT2D eigenvalue weighted by Gasteiger charge is -2.36. The number of hydrogen-bond donors (Lipinski definition) is 2. The molecule has 0 saturated heterocycles. The molecule has 4 atom stereocenters. The zero-order valence-electron chi connectivity index (χ0n) is 26.8. The Morgan fingerprint density at radius 2 is 1.98 bits per heavy atom. The largest absolute Gasteiger partial charge is 0.490 e. The van der Waals surface area contributed by atoms with Crippen LogP contribution in [0, 0.1) is 5.92 Å². The number of anilines is 1. The molecule has 0 fully saturated rings. The first-order valence-electron chi connectivity index (χ1n) is 15.2. The smallest absolute Gasteiger partial charge is 0.389 e. The van der Waals surface area contributed by atoms with Gasteiger partial charge in [0, 0.05) is 58.0 Å². The van der Waals surface area contributed by atoms with E-state index in [0.29, 0.717) is 25.9 Å². The first-order chi connectivity index (χ1) is 21.5. The van der Waals surface area contributed by atoms with Gasteiger partial charge < -0.3 is 28.9 Å². The fourth-order valence-corrected chi connectivity index (χ4v) is 6.03. The highest BCUT2D eigenvalue weighted by atomic mass is 32.2. The van der Waals surface area contributed by atoms with E-state index in [4.69, 9.17) is 9.47 Å². The third-order valence-electron chi connectivity index (χ3n) is 7.76. The number of aliphatic hydroxyl groups is 1. The number of alkyl halides is 3. The number of halogens is 3. The van der Waals surface area contributed by atoms with Crippen LogP contribution in [0.4, 0.5) is 18.9 Å². The molecule has 0 unspecified atom stereocenters. The minimum absolute atomic E-state index is 0.00292. The number of sulfonamides is 1. The van der Waals surface area contributed by atoms with Crippen LogP contribution in [0.2, 0.25) is 0 Å². The Labute approximate surface area is 267 Å². The molecular weight excluding hydrogens is 631 g/mol. The Bertz CT molecular complexity index is 1440. The Morgan fingerprint density at radius 1 is 1.26 bits per heavy atom. The van der Waals surface area contributed by atoms with Gasteiger partial charge in [-0.15, -0.1) is 0 Å². The van der Waals surface area contributed by atoms with Crippen LogP contribution in [0.25, 0.3) is 0 Å². The number of benzene rings is 1. The summed E-state index contributed by atoms with van der Waals surface area (Å²) in [6, 6.07) is 3.69. The second-order valence-electron chi connectivity index (χ2n) is 11.9. The van der Waals surface area contributed by atoms with E-state index >= 15 is 0 Å². The number of nitrogens with one attached hydrogen (secondary N) is 1. The lowest BCUT2D eigenvalue weighted by Crippen LogP contribution is -2.48. The number of aliphatic hydroxyl groups excluding tert-OH is 1. The number of fused-ring (bicyclic) bond motifs is 1. The van der Waals surface area contributed by atoms with Gasteiger partial charge in [0.2, 0.25) is 5.91 Å². The molecule has 1 aliphatic heterocycles. The van der Waals surface area contributed by atoms with E-state index < -0.39 is 65.5 Å². The Morgan fingerprint density at radius 3 is 2.61 bits per heavy atom. The van der Waals surface area contributed by atoms with Crippen LogP contribution in [0.3, 0.4) is 0 Å². The Hall–Kier alpha value is -3.37. The predicted molar refractivity (Wildman–Crippen MR) is 164 cm³/mol. The number of likely N-dealkylation sites (N-methyl/N-ethyl adjacent to an activating group) is 1. The van der Waals surface area contributed by atoms with Crippen LogP contribution < -0.4 is 9.46 Å². The summed E-state index contributed by atoms with van der Waals surface area (Å²) in [7, 11) is -1.03. The number of hydrogen-bond acceptors (Lipinski definition) is 8. The number of amides is 2. The summed E-state index contributed by atoms with van der Waals surface area (Å²) >= 11 is 0. The van der Waals surface area contributed by atoms with E-state index in [1.807, 2.05) is 6.92 Å². The molecule has 46 heavy (non-hydrogen) atoms. The summed E-state index contributed by atoms with van der Waals surface area (Å²) in [4.78, 5) is 33.2. The number of ether oxygens (including phenoxy) is 2. The number of aryl methyl sites for hydroxylation is 1. The van der Waals surface area contributed by atoms with Crippen molar-refractivity contribution in [3.05, 3.63) is 36.3 Å². The average molecular weight is 676 g/mol. The lowest BCUT2D eigenvalue weighted by atomic mass is 10.0. The van der Waals surface area contributed by atoms with Crippen molar-refractivity contribution < 1.29 is 45.8 Å². The first-order valence-corrected chi connectivity index (χ1v) is 16.6. The minimum Gasteiger partial charge on any atom is -0.490 e. The van der Waals surface area contributed by atoms with Crippen molar-refractivity contribution in [1.29, 1.82) is 0 Å². The third-order valence-corrected chi connectivity index (χ3v) is 9.03. The second kappa shape index (κ2) is 16.0. The van der Waals surface area contributed by atoms with Crippen molar-refractivity contribution >= 4 is 27.5 Å². The molecule has 2 heterocycles. The van der Waals surface area contributed by atoms with Crippen LogP contribution in [-0.2, 0) is 26.6 Å². The quantitative estimate of drug-likeness (QED) is 0.409. The van der Waals surface area contributed by atoms with Crippen molar-refractivity contribution in [2.24, 2.45) is 13.0 Å². The topological polar surface area (TPSA) is 143 Å². The van der Waals surface area contributed by atoms with Crippen LogP contribution in [0.15, 0.2) is 35.7 Å². The maximum Gasteiger partial charge on any atom is 0.389 e. The third kappa shape index (κ3) is 10.6. The highest BCUT2D eigenvalue weighted by Crippen LogP contribution is 2.29. The molecule has 0 aliphatic carbocycles.